The normalized spacial score (nSPS) is 20.1. The molecule has 1 atom stereocenters. The first-order valence-corrected chi connectivity index (χ1v) is 9.57. The maximum atomic E-state index is 13.3. The fourth-order valence-electron chi connectivity index (χ4n) is 3.67. The maximum Gasteiger partial charge on any atom is 0.268 e. The van der Waals surface area contributed by atoms with E-state index in [-0.39, 0.29) is 23.8 Å². The molecule has 30 heavy (non-hydrogen) atoms. The molecule has 1 aliphatic rings. The number of benzene rings is 2. The molecule has 1 unspecified atom stereocenters. The summed E-state index contributed by atoms with van der Waals surface area (Å²) in [6, 6.07) is 13.2. The molecule has 152 valence electrons. The Labute approximate surface area is 175 Å². The van der Waals surface area contributed by atoms with Crippen LogP contribution in [0.1, 0.15) is 35.6 Å². The molecule has 0 bridgehead atoms. The van der Waals surface area contributed by atoms with Crippen LogP contribution in [0.4, 0.5) is 4.39 Å². The van der Waals surface area contributed by atoms with E-state index in [1.54, 1.807) is 49.5 Å². The van der Waals surface area contributed by atoms with Crippen LogP contribution in [0.3, 0.4) is 0 Å². The maximum absolute atomic E-state index is 13.3. The van der Waals surface area contributed by atoms with Crippen LogP contribution in [0.5, 0.6) is 0 Å². The molecule has 1 fully saturated rings. The van der Waals surface area contributed by atoms with Gasteiger partial charge in [0.1, 0.15) is 17.1 Å². The number of nitrogens with zero attached hydrogens (tertiary/aromatic N) is 2. The van der Waals surface area contributed by atoms with Gasteiger partial charge in [-0.25, -0.2) is 4.39 Å². The Kier molecular flexibility index (Phi) is 5.84. The second-order valence-electron chi connectivity index (χ2n) is 7.21. The zero-order chi connectivity index (χ0) is 21.9. The fraction of sp³-hybridized carbons (Fsp3) is 0.208. The first-order chi connectivity index (χ1) is 14.3. The number of carbonyl (C=O) groups is 2. The van der Waals surface area contributed by atoms with E-state index in [0.717, 1.165) is 5.56 Å². The lowest BCUT2D eigenvalue weighted by Crippen LogP contribution is -2.65. The number of amides is 2. The van der Waals surface area contributed by atoms with Crippen molar-refractivity contribution in [1.82, 2.24) is 10.2 Å². The van der Waals surface area contributed by atoms with Crippen LogP contribution in [-0.2, 0) is 16.0 Å². The zero-order valence-corrected chi connectivity index (χ0v) is 16.9. The molecule has 0 saturated carbocycles. The molecule has 6 heteroatoms. The molecule has 1 aliphatic heterocycles. The topological polar surface area (TPSA) is 73.2 Å². The summed E-state index contributed by atoms with van der Waals surface area (Å²) >= 11 is 0. The van der Waals surface area contributed by atoms with Gasteiger partial charge in [0.2, 0.25) is 0 Å². The largest absolute Gasteiger partial charge is 0.336 e. The highest BCUT2D eigenvalue weighted by molar-refractivity contribution is 6.09. The van der Waals surface area contributed by atoms with Crippen molar-refractivity contribution in [3.63, 3.8) is 0 Å². The van der Waals surface area contributed by atoms with E-state index >= 15 is 0 Å². The summed E-state index contributed by atoms with van der Waals surface area (Å²) in [4.78, 5) is 27.7. The Hall–Kier alpha value is -3.72. The SMILES string of the molecule is C=Cc1cccc(C#N)c1C=C1C(=O)NC(CC)(Cc2ccc(F)cc2)C(=O)N1C. The van der Waals surface area contributed by atoms with E-state index in [4.69, 9.17) is 0 Å². The van der Waals surface area contributed by atoms with Crippen molar-refractivity contribution in [2.45, 2.75) is 25.3 Å². The van der Waals surface area contributed by atoms with Gasteiger partial charge in [0, 0.05) is 19.0 Å². The summed E-state index contributed by atoms with van der Waals surface area (Å²) in [6.07, 6.45) is 3.76. The summed E-state index contributed by atoms with van der Waals surface area (Å²) < 4.78 is 13.2. The lowest BCUT2D eigenvalue weighted by atomic mass is 9.84. The van der Waals surface area contributed by atoms with Crippen LogP contribution < -0.4 is 5.32 Å². The van der Waals surface area contributed by atoms with E-state index in [2.05, 4.69) is 18.0 Å². The van der Waals surface area contributed by atoms with Crippen molar-refractivity contribution < 1.29 is 14.0 Å². The van der Waals surface area contributed by atoms with Gasteiger partial charge in [0.25, 0.3) is 11.8 Å². The summed E-state index contributed by atoms with van der Waals surface area (Å²) in [5.41, 5.74) is 1.37. The summed E-state index contributed by atoms with van der Waals surface area (Å²) in [7, 11) is 1.55. The van der Waals surface area contributed by atoms with E-state index in [1.165, 1.54) is 17.0 Å². The third-order valence-electron chi connectivity index (χ3n) is 5.44. The highest BCUT2D eigenvalue weighted by Gasteiger charge is 2.46. The summed E-state index contributed by atoms with van der Waals surface area (Å²) in [5, 5.41) is 12.3. The third kappa shape index (κ3) is 3.74. The van der Waals surface area contributed by atoms with Crippen molar-refractivity contribution in [3.8, 4) is 6.07 Å². The molecule has 2 aromatic carbocycles. The summed E-state index contributed by atoms with van der Waals surface area (Å²) in [5.74, 6) is -1.04. The Balaban J connectivity index is 2.01. The van der Waals surface area contributed by atoms with Crippen molar-refractivity contribution >= 4 is 24.0 Å². The van der Waals surface area contributed by atoms with Crippen LogP contribution in [0.25, 0.3) is 12.2 Å². The molecule has 0 aromatic heterocycles. The number of hydrogen-bond acceptors (Lipinski definition) is 3. The number of piperazine rings is 1. The van der Waals surface area contributed by atoms with Gasteiger partial charge < -0.3 is 10.2 Å². The van der Waals surface area contributed by atoms with Crippen LogP contribution in [-0.4, -0.2) is 29.3 Å². The second-order valence-corrected chi connectivity index (χ2v) is 7.21. The number of likely N-dealkylation sites (N-methyl/N-ethyl adjacent to an activating group) is 1. The zero-order valence-electron chi connectivity index (χ0n) is 16.9. The molecule has 3 rings (SSSR count). The Morgan fingerprint density at radius 1 is 1.23 bits per heavy atom. The second kappa shape index (κ2) is 8.34. The van der Waals surface area contributed by atoms with Crippen molar-refractivity contribution in [2.24, 2.45) is 0 Å². The Morgan fingerprint density at radius 3 is 2.53 bits per heavy atom. The first kappa shape index (κ1) is 21.0. The lowest BCUT2D eigenvalue weighted by molar-refractivity contribution is -0.144. The van der Waals surface area contributed by atoms with Gasteiger partial charge in [-0.15, -0.1) is 0 Å². The molecule has 0 radical (unpaired) electrons. The van der Waals surface area contributed by atoms with Gasteiger partial charge in [0.15, 0.2) is 0 Å². The minimum absolute atomic E-state index is 0.147. The van der Waals surface area contributed by atoms with Gasteiger partial charge in [-0.1, -0.05) is 43.8 Å². The average molecular weight is 403 g/mol. The van der Waals surface area contributed by atoms with E-state index in [0.29, 0.717) is 23.1 Å². The van der Waals surface area contributed by atoms with Gasteiger partial charge >= 0.3 is 0 Å². The smallest absolute Gasteiger partial charge is 0.268 e. The van der Waals surface area contributed by atoms with Crippen LogP contribution in [0, 0.1) is 17.1 Å². The Morgan fingerprint density at radius 2 is 1.93 bits per heavy atom. The highest BCUT2D eigenvalue weighted by atomic mass is 19.1. The van der Waals surface area contributed by atoms with Crippen molar-refractivity contribution in [3.05, 3.63) is 82.8 Å². The van der Waals surface area contributed by atoms with Gasteiger partial charge in [-0.05, 0) is 41.8 Å². The van der Waals surface area contributed by atoms with Crippen LogP contribution >= 0.6 is 0 Å². The van der Waals surface area contributed by atoms with E-state index in [9.17, 15) is 19.2 Å². The lowest BCUT2D eigenvalue weighted by Gasteiger charge is -2.41. The number of carbonyl (C=O) groups excluding carboxylic acids is 2. The van der Waals surface area contributed by atoms with E-state index < -0.39 is 11.4 Å². The Bertz CT molecular complexity index is 1080. The third-order valence-corrected chi connectivity index (χ3v) is 5.44. The minimum Gasteiger partial charge on any atom is -0.336 e. The minimum atomic E-state index is -1.13. The van der Waals surface area contributed by atoms with Gasteiger partial charge in [0.05, 0.1) is 11.6 Å². The molecule has 1 saturated heterocycles. The number of nitriles is 1. The number of halogens is 1. The first-order valence-electron chi connectivity index (χ1n) is 9.57. The number of nitrogens with one attached hydrogen (secondary N) is 1. The quantitative estimate of drug-likeness (QED) is 0.775. The fourth-order valence-corrected chi connectivity index (χ4v) is 3.67. The molecule has 0 aliphatic carbocycles. The molecule has 5 nitrogen and oxygen atoms in total. The van der Waals surface area contributed by atoms with Crippen LogP contribution in [0.2, 0.25) is 0 Å². The monoisotopic (exact) mass is 403 g/mol. The molecular weight excluding hydrogens is 381 g/mol. The van der Waals surface area contributed by atoms with Crippen molar-refractivity contribution in [2.75, 3.05) is 7.05 Å². The molecule has 2 aromatic rings. The number of hydrogen-bond donors (Lipinski definition) is 1. The number of rotatable bonds is 5. The van der Waals surface area contributed by atoms with Gasteiger partial charge in [-0.2, -0.15) is 5.26 Å². The molecular formula is C24H22FN3O2. The molecule has 1 heterocycles. The molecule has 1 N–H and O–H groups in total. The molecule has 0 spiro atoms. The highest BCUT2D eigenvalue weighted by Crippen LogP contribution is 2.29. The van der Waals surface area contributed by atoms with Gasteiger partial charge in [-0.3, -0.25) is 9.59 Å². The molecule has 2 amide bonds. The predicted molar refractivity (Wildman–Crippen MR) is 113 cm³/mol. The van der Waals surface area contributed by atoms with Crippen LogP contribution in [0.15, 0.2) is 54.7 Å². The summed E-state index contributed by atoms with van der Waals surface area (Å²) in [6.45, 7) is 5.58. The van der Waals surface area contributed by atoms with E-state index in [1.807, 2.05) is 6.92 Å². The average Bonchev–Trinajstić information content (AvgIpc) is 2.76. The predicted octanol–water partition coefficient (Wildman–Crippen LogP) is 3.66. The van der Waals surface area contributed by atoms with Crippen molar-refractivity contribution in [1.29, 1.82) is 5.26 Å². The standard InChI is InChI=1S/C24H22FN3O2/c1-4-17-7-6-8-18(15-26)20(17)13-21-22(29)27-24(5-2,23(30)28(21)3)14-16-9-11-19(25)12-10-16/h4,6-13H,1,5,14H2,2-3H3,(H,27,29).